The topological polar surface area (TPSA) is 70.6 Å². The number of benzene rings is 1. The maximum atomic E-state index is 12.7. The second-order valence-corrected chi connectivity index (χ2v) is 7.87. The van der Waals surface area contributed by atoms with Crippen LogP contribution in [0.2, 0.25) is 0 Å². The largest absolute Gasteiger partial charge is 0.504 e. The third-order valence-electron chi connectivity index (χ3n) is 4.91. The maximum Gasteiger partial charge on any atom is 0.256 e. The van der Waals surface area contributed by atoms with Crippen LogP contribution >= 0.6 is 11.3 Å². The first-order valence-electron chi connectivity index (χ1n) is 8.74. The van der Waals surface area contributed by atoms with Crippen LogP contribution in [0.4, 0.5) is 5.00 Å². The van der Waals surface area contributed by atoms with Gasteiger partial charge in [0.25, 0.3) is 5.91 Å². The molecule has 1 amide bonds. The van der Waals surface area contributed by atoms with Crippen molar-refractivity contribution in [1.82, 2.24) is 5.32 Å². The van der Waals surface area contributed by atoms with Crippen LogP contribution in [0.25, 0.3) is 0 Å². The van der Waals surface area contributed by atoms with Crippen molar-refractivity contribution >= 4 is 22.2 Å². The third-order valence-corrected chi connectivity index (χ3v) is 6.09. The highest BCUT2D eigenvalue weighted by molar-refractivity contribution is 7.16. The van der Waals surface area contributed by atoms with Crippen molar-refractivity contribution in [3.8, 4) is 11.5 Å². The average molecular weight is 358 g/mol. The van der Waals surface area contributed by atoms with Gasteiger partial charge < -0.3 is 20.5 Å². The number of hydrogen-bond donors (Lipinski definition) is 3. The van der Waals surface area contributed by atoms with Crippen molar-refractivity contribution in [2.24, 2.45) is 5.92 Å². The van der Waals surface area contributed by atoms with Gasteiger partial charge in [-0.25, -0.2) is 0 Å². The van der Waals surface area contributed by atoms with E-state index in [-0.39, 0.29) is 17.8 Å². The molecular formula is C19H22N2O3S. The number of hydrogen-bond acceptors (Lipinski definition) is 5. The third kappa shape index (κ3) is 2.84. The minimum atomic E-state index is -0.322. The zero-order valence-corrected chi connectivity index (χ0v) is 15.2. The van der Waals surface area contributed by atoms with E-state index in [2.05, 4.69) is 17.6 Å². The molecule has 4 rings (SSSR count). The number of carbonyl (C=O) groups is 1. The summed E-state index contributed by atoms with van der Waals surface area (Å²) in [4.78, 5) is 14.1. The van der Waals surface area contributed by atoms with Crippen LogP contribution in [0.15, 0.2) is 18.2 Å². The van der Waals surface area contributed by atoms with Crippen molar-refractivity contribution in [3.05, 3.63) is 39.8 Å². The van der Waals surface area contributed by atoms with Crippen molar-refractivity contribution in [2.75, 3.05) is 11.9 Å². The van der Waals surface area contributed by atoms with E-state index in [1.807, 2.05) is 6.92 Å². The van der Waals surface area contributed by atoms with Gasteiger partial charge in [0.15, 0.2) is 11.5 Å². The summed E-state index contributed by atoms with van der Waals surface area (Å²) in [5, 5.41) is 17.3. The molecular weight excluding hydrogens is 336 g/mol. The smallest absolute Gasteiger partial charge is 0.256 e. The summed E-state index contributed by atoms with van der Waals surface area (Å²) in [7, 11) is 0. The van der Waals surface area contributed by atoms with Crippen molar-refractivity contribution < 1.29 is 14.6 Å². The van der Waals surface area contributed by atoms with Crippen molar-refractivity contribution in [3.63, 3.8) is 0 Å². The standard InChI is InChI=1S/C19H22N2O3S/c1-3-24-14-9-11(5-7-13(14)22)17-20-18(23)16-12-6-4-10(2)8-15(12)25-19(16)21-17/h5,7,9-10,17,21-22H,3-4,6,8H2,1-2H3,(H,20,23)/t10-,17+/m1/s1. The predicted molar refractivity (Wildman–Crippen MR) is 98.6 cm³/mol. The molecule has 2 aliphatic rings. The monoisotopic (exact) mass is 358 g/mol. The van der Waals surface area contributed by atoms with Crippen LogP contribution < -0.4 is 15.4 Å². The lowest BCUT2D eigenvalue weighted by Gasteiger charge is -2.27. The number of thiophene rings is 1. The Balaban J connectivity index is 1.66. The van der Waals surface area contributed by atoms with E-state index in [9.17, 15) is 9.90 Å². The molecule has 0 saturated heterocycles. The van der Waals surface area contributed by atoms with Gasteiger partial charge in [-0.15, -0.1) is 11.3 Å². The highest BCUT2D eigenvalue weighted by Crippen LogP contribution is 2.43. The predicted octanol–water partition coefficient (Wildman–Crippen LogP) is 3.83. The van der Waals surface area contributed by atoms with E-state index < -0.39 is 0 Å². The number of rotatable bonds is 3. The normalized spacial score (nSPS) is 21.8. The first kappa shape index (κ1) is 16.3. The molecule has 5 nitrogen and oxygen atoms in total. The van der Waals surface area contributed by atoms with Crippen molar-refractivity contribution in [1.29, 1.82) is 0 Å². The molecule has 2 aromatic rings. The number of anilines is 1. The Morgan fingerprint density at radius 1 is 1.36 bits per heavy atom. The second-order valence-electron chi connectivity index (χ2n) is 6.77. The van der Waals surface area contributed by atoms with E-state index in [1.165, 1.54) is 10.4 Å². The summed E-state index contributed by atoms with van der Waals surface area (Å²) in [6, 6.07) is 5.18. The fourth-order valence-electron chi connectivity index (χ4n) is 3.61. The van der Waals surface area contributed by atoms with Crippen LogP contribution in [0.5, 0.6) is 11.5 Å². The summed E-state index contributed by atoms with van der Waals surface area (Å²) < 4.78 is 5.45. The Kier molecular flexibility index (Phi) is 4.07. The first-order valence-corrected chi connectivity index (χ1v) is 9.56. The number of phenolic OH excluding ortho intramolecular Hbond substituents is 1. The van der Waals surface area contributed by atoms with Gasteiger partial charge in [-0.1, -0.05) is 13.0 Å². The molecule has 0 unspecified atom stereocenters. The van der Waals surface area contributed by atoms with Gasteiger partial charge in [-0.3, -0.25) is 4.79 Å². The molecule has 3 N–H and O–H groups in total. The highest BCUT2D eigenvalue weighted by atomic mass is 32.1. The number of carbonyl (C=O) groups excluding carboxylic acids is 1. The van der Waals surface area contributed by atoms with E-state index in [0.29, 0.717) is 18.3 Å². The van der Waals surface area contributed by atoms with Gasteiger partial charge in [0, 0.05) is 4.88 Å². The van der Waals surface area contributed by atoms with Gasteiger partial charge in [-0.05, 0) is 55.4 Å². The SMILES string of the molecule is CCOc1cc([C@H]2NC(=O)c3c(sc4c3CC[C@@H](C)C4)N2)ccc1O. The van der Waals surface area contributed by atoms with E-state index in [1.54, 1.807) is 29.5 Å². The zero-order valence-electron chi connectivity index (χ0n) is 14.4. The number of amides is 1. The minimum Gasteiger partial charge on any atom is -0.504 e. The van der Waals surface area contributed by atoms with Crippen molar-refractivity contribution in [2.45, 2.75) is 39.3 Å². The molecule has 0 fully saturated rings. The lowest BCUT2D eigenvalue weighted by atomic mass is 9.88. The zero-order chi connectivity index (χ0) is 17.6. The Bertz CT molecular complexity index is 830. The molecule has 2 heterocycles. The number of aromatic hydroxyl groups is 1. The van der Waals surface area contributed by atoms with Crippen LogP contribution in [-0.4, -0.2) is 17.6 Å². The molecule has 0 bridgehead atoms. The van der Waals surface area contributed by atoms with Crippen LogP contribution in [0, 0.1) is 5.92 Å². The molecule has 0 saturated carbocycles. The summed E-state index contributed by atoms with van der Waals surface area (Å²) in [6.45, 7) is 4.61. The fourth-order valence-corrected chi connectivity index (χ4v) is 5.05. The molecule has 0 spiro atoms. The summed E-state index contributed by atoms with van der Waals surface area (Å²) in [6.07, 6.45) is 2.86. The summed E-state index contributed by atoms with van der Waals surface area (Å²) in [5.41, 5.74) is 2.91. The molecule has 1 aliphatic heterocycles. The van der Waals surface area contributed by atoms with E-state index in [4.69, 9.17) is 4.74 Å². The molecule has 25 heavy (non-hydrogen) atoms. The van der Waals surface area contributed by atoms with E-state index in [0.717, 1.165) is 35.4 Å². The van der Waals surface area contributed by atoms with Crippen LogP contribution in [0.1, 0.15) is 52.8 Å². The van der Waals surface area contributed by atoms with Gasteiger partial charge in [-0.2, -0.15) is 0 Å². The molecule has 132 valence electrons. The Morgan fingerprint density at radius 3 is 3.00 bits per heavy atom. The fraction of sp³-hybridized carbons (Fsp3) is 0.421. The number of fused-ring (bicyclic) bond motifs is 3. The number of phenols is 1. The Labute approximate surface area is 151 Å². The molecule has 1 aromatic carbocycles. The van der Waals surface area contributed by atoms with Gasteiger partial charge in [0.05, 0.1) is 12.2 Å². The van der Waals surface area contributed by atoms with Gasteiger partial charge >= 0.3 is 0 Å². The molecule has 1 aromatic heterocycles. The quantitative estimate of drug-likeness (QED) is 0.780. The first-order chi connectivity index (χ1) is 12.1. The maximum absolute atomic E-state index is 12.7. The molecule has 2 atom stereocenters. The van der Waals surface area contributed by atoms with Gasteiger partial charge in [0.2, 0.25) is 0 Å². The van der Waals surface area contributed by atoms with Crippen LogP contribution in [-0.2, 0) is 12.8 Å². The highest BCUT2D eigenvalue weighted by Gasteiger charge is 2.33. The summed E-state index contributed by atoms with van der Waals surface area (Å²) in [5.74, 6) is 1.20. The van der Waals surface area contributed by atoms with Gasteiger partial charge in [0.1, 0.15) is 11.2 Å². The molecule has 0 radical (unpaired) electrons. The van der Waals surface area contributed by atoms with E-state index >= 15 is 0 Å². The number of ether oxygens (including phenoxy) is 1. The number of nitrogens with one attached hydrogen (secondary N) is 2. The second kappa shape index (κ2) is 6.26. The molecule has 6 heteroatoms. The Morgan fingerprint density at radius 2 is 2.20 bits per heavy atom. The van der Waals surface area contributed by atoms with Crippen LogP contribution in [0.3, 0.4) is 0 Å². The molecule has 1 aliphatic carbocycles. The minimum absolute atomic E-state index is 0.0168. The lowest BCUT2D eigenvalue weighted by molar-refractivity contribution is 0.0935. The Hall–Kier alpha value is -2.21. The lowest BCUT2D eigenvalue weighted by Crippen LogP contribution is -2.38. The average Bonchev–Trinajstić information content (AvgIpc) is 2.94. The summed E-state index contributed by atoms with van der Waals surface area (Å²) >= 11 is 1.71.